The van der Waals surface area contributed by atoms with Crippen LogP contribution in [0.5, 0.6) is 0 Å². The van der Waals surface area contributed by atoms with Gasteiger partial charge >= 0.3 is 0 Å². The molecule has 0 saturated carbocycles. The van der Waals surface area contributed by atoms with Crippen molar-refractivity contribution in [1.29, 1.82) is 0 Å². The molecule has 0 aromatic carbocycles. The van der Waals surface area contributed by atoms with Gasteiger partial charge in [0.25, 0.3) is 0 Å². The van der Waals surface area contributed by atoms with Crippen LogP contribution in [0.2, 0.25) is 0 Å². The molecule has 3 unspecified atom stereocenters. The highest BCUT2D eigenvalue weighted by Crippen LogP contribution is 2.27. The molecular weight excluding hydrogens is 204 g/mol. The average molecular weight is 222 g/mol. The van der Waals surface area contributed by atoms with Gasteiger partial charge in [-0.3, -0.25) is 4.98 Å². The van der Waals surface area contributed by atoms with Crippen LogP contribution >= 0.6 is 11.8 Å². The maximum Gasteiger partial charge on any atom is 0.0570 e. The number of thioether (sulfide) groups is 1. The minimum atomic E-state index is 0.363. The van der Waals surface area contributed by atoms with E-state index in [-0.39, 0.29) is 0 Å². The van der Waals surface area contributed by atoms with Crippen molar-refractivity contribution in [3.8, 4) is 0 Å². The largest absolute Gasteiger partial charge is 0.305 e. The number of aromatic nitrogens is 1. The quantitative estimate of drug-likeness (QED) is 0.851. The molecule has 0 spiro atoms. The van der Waals surface area contributed by atoms with E-state index in [9.17, 15) is 0 Å². The highest BCUT2D eigenvalue weighted by atomic mass is 32.2. The number of hydrogen-bond donors (Lipinski definition) is 1. The van der Waals surface area contributed by atoms with Crippen LogP contribution in [0.3, 0.4) is 0 Å². The van der Waals surface area contributed by atoms with Gasteiger partial charge in [-0.2, -0.15) is 11.8 Å². The van der Waals surface area contributed by atoms with Crippen molar-refractivity contribution in [2.45, 2.75) is 37.6 Å². The molecule has 15 heavy (non-hydrogen) atoms. The second-order valence-electron chi connectivity index (χ2n) is 4.22. The molecule has 1 aromatic heterocycles. The van der Waals surface area contributed by atoms with E-state index in [1.165, 1.54) is 12.2 Å². The summed E-state index contributed by atoms with van der Waals surface area (Å²) < 4.78 is 0. The van der Waals surface area contributed by atoms with Crippen molar-refractivity contribution >= 4 is 11.8 Å². The van der Waals surface area contributed by atoms with E-state index in [2.05, 4.69) is 42.0 Å². The zero-order valence-corrected chi connectivity index (χ0v) is 10.1. The van der Waals surface area contributed by atoms with Crippen molar-refractivity contribution in [2.75, 3.05) is 5.75 Å². The summed E-state index contributed by atoms with van der Waals surface area (Å²) >= 11 is 2.06. The molecule has 82 valence electrons. The first kappa shape index (κ1) is 11.0. The third-order valence-corrected chi connectivity index (χ3v) is 4.17. The van der Waals surface area contributed by atoms with Crippen LogP contribution < -0.4 is 5.32 Å². The Bertz CT molecular complexity index is 302. The normalized spacial score (nSPS) is 27.9. The van der Waals surface area contributed by atoms with Gasteiger partial charge < -0.3 is 5.32 Å². The Labute approximate surface area is 95.9 Å². The van der Waals surface area contributed by atoms with E-state index in [0.717, 1.165) is 10.9 Å². The van der Waals surface area contributed by atoms with Gasteiger partial charge in [0, 0.05) is 29.3 Å². The third-order valence-electron chi connectivity index (χ3n) is 2.82. The lowest BCUT2D eigenvalue weighted by atomic mass is 10.1. The van der Waals surface area contributed by atoms with Gasteiger partial charge in [-0.15, -0.1) is 0 Å². The topological polar surface area (TPSA) is 24.9 Å². The molecule has 0 radical (unpaired) electrons. The monoisotopic (exact) mass is 222 g/mol. The first-order valence-electron chi connectivity index (χ1n) is 5.54. The number of rotatable bonds is 3. The fraction of sp³-hybridized carbons (Fsp3) is 0.583. The molecule has 0 amide bonds. The van der Waals surface area contributed by atoms with Gasteiger partial charge in [-0.05, 0) is 25.5 Å². The van der Waals surface area contributed by atoms with E-state index in [4.69, 9.17) is 0 Å². The molecule has 1 aliphatic heterocycles. The predicted molar refractivity (Wildman–Crippen MR) is 66.1 cm³/mol. The molecule has 0 aliphatic carbocycles. The van der Waals surface area contributed by atoms with Crippen LogP contribution in [0.4, 0.5) is 0 Å². The van der Waals surface area contributed by atoms with Gasteiger partial charge in [-0.1, -0.05) is 13.0 Å². The summed E-state index contributed by atoms with van der Waals surface area (Å²) in [6.07, 6.45) is 3.14. The van der Waals surface area contributed by atoms with E-state index in [1.807, 2.05) is 18.3 Å². The maximum absolute atomic E-state index is 4.37. The fourth-order valence-electron chi connectivity index (χ4n) is 2.00. The Morgan fingerprint density at radius 2 is 2.40 bits per heavy atom. The second-order valence-corrected chi connectivity index (χ2v) is 5.69. The average Bonchev–Trinajstić information content (AvgIpc) is 2.65. The van der Waals surface area contributed by atoms with Crippen molar-refractivity contribution < 1.29 is 0 Å². The number of hydrogen-bond acceptors (Lipinski definition) is 3. The first-order valence-corrected chi connectivity index (χ1v) is 6.59. The van der Waals surface area contributed by atoms with Crippen LogP contribution in [-0.2, 0) is 0 Å². The standard InChI is InChI=1S/C12H18N2S/c1-9-7-11(8-15-9)14-10(2)12-5-3-4-6-13-12/h3-6,9-11,14H,7-8H2,1-2H3. The Morgan fingerprint density at radius 1 is 1.53 bits per heavy atom. The minimum absolute atomic E-state index is 0.363. The predicted octanol–water partition coefficient (Wildman–Crippen LogP) is 2.63. The molecule has 1 aliphatic rings. The van der Waals surface area contributed by atoms with Crippen LogP contribution in [-0.4, -0.2) is 22.0 Å². The third kappa shape index (κ3) is 2.95. The lowest BCUT2D eigenvalue weighted by Crippen LogP contribution is -2.32. The molecule has 3 atom stereocenters. The number of nitrogens with zero attached hydrogens (tertiary/aromatic N) is 1. The summed E-state index contributed by atoms with van der Waals surface area (Å²) in [6, 6.07) is 7.11. The molecule has 1 saturated heterocycles. The Hall–Kier alpha value is -0.540. The molecule has 3 heteroatoms. The van der Waals surface area contributed by atoms with Gasteiger partial charge in [0.1, 0.15) is 0 Å². The molecule has 1 aromatic rings. The molecule has 1 N–H and O–H groups in total. The van der Waals surface area contributed by atoms with Gasteiger partial charge in [0.15, 0.2) is 0 Å². The van der Waals surface area contributed by atoms with Crippen molar-refractivity contribution in [2.24, 2.45) is 0 Å². The Balaban J connectivity index is 1.90. The lowest BCUT2D eigenvalue weighted by molar-refractivity contribution is 0.467. The SMILES string of the molecule is CC1CC(NC(C)c2ccccn2)CS1. The fourth-order valence-corrected chi connectivity index (χ4v) is 3.17. The number of nitrogens with one attached hydrogen (secondary N) is 1. The van der Waals surface area contributed by atoms with E-state index in [0.29, 0.717) is 12.1 Å². The van der Waals surface area contributed by atoms with E-state index in [1.54, 1.807) is 0 Å². The summed E-state index contributed by atoms with van der Waals surface area (Å²) in [5, 5.41) is 4.45. The van der Waals surface area contributed by atoms with Gasteiger partial charge in [0.2, 0.25) is 0 Å². The Kier molecular flexibility index (Phi) is 3.65. The van der Waals surface area contributed by atoms with Gasteiger partial charge in [0.05, 0.1) is 5.69 Å². The van der Waals surface area contributed by atoms with Crippen molar-refractivity contribution in [3.63, 3.8) is 0 Å². The molecule has 0 bridgehead atoms. The second kappa shape index (κ2) is 4.99. The van der Waals surface area contributed by atoms with Crippen LogP contribution in [0, 0.1) is 0 Å². The van der Waals surface area contributed by atoms with Crippen molar-refractivity contribution in [3.05, 3.63) is 30.1 Å². The van der Waals surface area contributed by atoms with E-state index >= 15 is 0 Å². The highest BCUT2D eigenvalue weighted by Gasteiger charge is 2.23. The smallest absolute Gasteiger partial charge is 0.0570 e. The summed E-state index contributed by atoms with van der Waals surface area (Å²) in [4.78, 5) is 4.37. The van der Waals surface area contributed by atoms with Gasteiger partial charge in [-0.25, -0.2) is 0 Å². The molecule has 2 heterocycles. The van der Waals surface area contributed by atoms with Crippen LogP contribution in [0.1, 0.15) is 32.0 Å². The molecular formula is C12H18N2S. The molecule has 1 fully saturated rings. The first-order chi connectivity index (χ1) is 7.25. The zero-order chi connectivity index (χ0) is 10.7. The van der Waals surface area contributed by atoms with Crippen LogP contribution in [0.25, 0.3) is 0 Å². The number of pyridine rings is 1. The molecule has 2 nitrogen and oxygen atoms in total. The minimum Gasteiger partial charge on any atom is -0.305 e. The maximum atomic E-state index is 4.37. The summed E-state index contributed by atoms with van der Waals surface area (Å²) in [7, 11) is 0. The van der Waals surface area contributed by atoms with Crippen LogP contribution in [0.15, 0.2) is 24.4 Å². The summed E-state index contributed by atoms with van der Waals surface area (Å²) in [6.45, 7) is 4.49. The molecule has 2 rings (SSSR count). The Morgan fingerprint density at radius 3 is 3.00 bits per heavy atom. The highest BCUT2D eigenvalue weighted by molar-refractivity contribution is 8.00. The van der Waals surface area contributed by atoms with E-state index < -0.39 is 0 Å². The summed E-state index contributed by atoms with van der Waals surface area (Å²) in [5.41, 5.74) is 1.14. The zero-order valence-electron chi connectivity index (χ0n) is 9.31. The van der Waals surface area contributed by atoms with Crippen molar-refractivity contribution in [1.82, 2.24) is 10.3 Å². The lowest BCUT2D eigenvalue weighted by Gasteiger charge is -2.18. The summed E-state index contributed by atoms with van der Waals surface area (Å²) in [5.74, 6) is 1.23.